The Bertz CT molecular complexity index is 906. The second-order valence-electron chi connectivity index (χ2n) is 6.55. The Kier molecular flexibility index (Phi) is 5.99. The molecule has 0 saturated heterocycles. The van der Waals surface area contributed by atoms with Crippen molar-refractivity contribution in [2.45, 2.75) is 25.9 Å². The molecule has 1 unspecified atom stereocenters. The molecule has 0 bridgehead atoms. The zero-order chi connectivity index (χ0) is 20.1. The van der Waals surface area contributed by atoms with E-state index in [1.54, 1.807) is 6.07 Å². The monoisotopic (exact) mass is 381 g/mol. The van der Waals surface area contributed by atoms with Crippen LogP contribution in [-0.4, -0.2) is 41.6 Å². The van der Waals surface area contributed by atoms with Gasteiger partial charge in [0.25, 0.3) is 5.91 Å². The van der Waals surface area contributed by atoms with E-state index in [0.29, 0.717) is 17.9 Å². The first-order valence-corrected chi connectivity index (χ1v) is 9.06. The van der Waals surface area contributed by atoms with Crippen molar-refractivity contribution in [3.63, 3.8) is 0 Å². The lowest BCUT2D eigenvalue weighted by Crippen LogP contribution is -2.50. The Balaban J connectivity index is 1.74. The number of carbonyl (C=O) groups excluding carboxylic acids is 1. The van der Waals surface area contributed by atoms with Gasteiger partial charge in [-0.15, -0.1) is 0 Å². The quantitative estimate of drug-likeness (QED) is 0.832. The number of carboxylic acid groups (broad SMARTS) is 1. The molecule has 1 amide bonds. The normalized spacial score (nSPS) is 15.9. The predicted molar refractivity (Wildman–Crippen MR) is 105 cm³/mol. The average molecular weight is 381 g/mol. The molecular weight excluding hydrogens is 358 g/mol. The van der Waals surface area contributed by atoms with Gasteiger partial charge >= 0.3 is 5.97 Å². The van der Waals surface area contributed by atoms with Crippen molar-refractivity contribution in [1.82, 2.24) is 4.90 Å². The smallest absolute Gasteiger partial charge is 0.326 e. The largest absolute Gasteiger partial charge is 0.493 e. The summed E-state index contributed by atoms with van der Waals surface area (Å²) in [4.78, 5) is 25.8. The number of hydrogen-bond donors (Lipinski definition) is 1. The van der Waals surface area contributed by atoms with Crippen LogP contribution in [0.5, 0.6) is 11.5 Å². The van der Waals surface area contributed by atoms with Gasteiger partial charge in [0.05, 0.1) is 7.11 Å². The number of carbonyl (C=O) groups is 2. The van der Waals surface area contributed by atoms with Gasteiger partial charge in [0.2, 0.25) is 0 Å². The summed E-state index contributed by atoms with van der Waals surface area (Å²) >= 11 is 0. The molecule has 0 aromatic heterocycles. The number of carboxylic acids is 1. The maximum atomic E-state index is 12.8. The van der Waals surface area contributed by atoms with E-state index >= 15 is 0 Å². The Hall–Kier alpha value is -3.28. The second-order valence-corrected chi connectivity index (χ2v) is 6.55. The van der Waals surface area contributed by atoms with Gasteiger partial charge in [0.1, 0.15) is 6.04 Å². The van der Waals surface area contributed by atoms with Crippen LogP contribution in [0.15, 0.2) is 48.5 Å². The van der Waals surface area contributed by atoms with Gasteiger partial charge in [-0.05, 0) is 35.7 Å². The van der Waals surface area contributed by atoms with Crippen LogP contribution in [0, 0.1) is 0 Å². The molecule has 1 heterocycles. The van der Waals surface area contributed by atoms with Crippen molar-refractivity contribution < 1.29 is 24.2 Å². The third kappa shape index (κ3) is 4.17. The van der Waals surface area contributed by atoms with Crippen molar-refractivity contribution in [2.24, 2.45) is 0 Å². The zero-order valence-electron chi connectivity index (χ0n) is 15.9. The molecule has 6 nitrogen and oxygen atoms in total. The lowest BCUT2D eigenvalue weighted by atomic mass is 9.94. The first-order chi connectivity index (χ1) is 13.5. The van der Waals surface area contributed by atoms with Gasteiger partial charge in [-0.2, -0.15) is 0 Å². The molecular formula is C22H23NO5. The van der Waals surface area contributed by atoms with Gasteiger partial charge < -0.3 is 19.5 Å². The fourth-order valence-corrected chi connectivity index (χ4v) is 3.33. The van der Waals surface area contributed by atoms with Gasteiger partial charge in [-0.3, -0.25) is 4.79 Å². The summed E-state index contributed by atoms with van der Waals surface area (Å²) in [6.07, 6.45) is 4.14. The third-order valence-corrected chi connectivity index (χ3v) is 4.75. The molecule has 2 aromatic rings. The molecule has 0 spiro atoms. The van der Waals surface area contributed by atoms with Gasteiger partial charge in [0.15, 0.2) is 18.1 Å². The topological polar surface area (TPSA) is 76.1 Å². The zero-order valence-corrected chi connectivity index (χ0v) is 15.9. The van der Waals surface area contributed by atoms with Crippen LogP contribution in [0.2, 0.25) is 0 Å². The van der Waals surface area contributed by atoms with Crippen LogP contribution in [0.3, 0.4) is 0 Å². The molecule has 6 heteroatoms. The van der Waals surface area contributed by atoms with Crippen molar-refractivity contribution in [1.29, 1.82) is 0 Å². The minimum atomic E-state index is -1.02. The highest BCUT2D eigenvalue weighted by Gasteiger charge is 2.34. The first kappa shape index (κ1) is 19.5. The minimum Gasteiger partial charge on any atom is -0.493 e. The molecule has 0 aliphatic carbocycles. The molecule has 1 N–H and O–H groups in total. The predicted octanol–water partition coefficient (Wildman–Crippen LogP) is 3.15. The van der Waals surface area contributed by atoms with E-state index in [-0.39, 0.29) is 19.1 Å². The second kappa shape index (κ2) is 8.61. The van der Waals surface area contributed by atoms with Crippen molar-refractivity contribution in [2.75, 3.05) is 13.7 Å². The first-order valence-electron chi connectivity index (χ1n) is 9.06. The van der Waals surface area contributed by atoms with Crippen LogP contribution in [-0.2, 0) is 22.6 Å². The highest BCUT2D eigenvalue weighted by atomic mass is 16.5. The standard InChI is InChI=1S/C22H23NO5/c1-3-6-15-9-10-19(20(11-15)27-2)28-14-21(24)23-13-17-8-5-4-7-16(17)12-18(23)22(25)26/h3-11,18H,12-14H2,1-2H3,(H,25,26)/b6-3+. The molecule has 2 aromatic carbocycles. The van der Waals surface area contributed by atoms with Crippen LogP contribution < -0.4 is 9.47 Å². The molecule has 0 radical (unpaired) electrons. The summed E-state index contributed by atoms with van der Waals surface area (Å²) in [5, 5.41) is 9.57. The van der Waals surface area contributed by atoms with Gasteiger partial charge in [-0.1, -0.05) is 42.5 Å². The van der Waals surface area contributed by atoms with Crippen LogP contribution in [0.1, 0.15) is 23.6 Å². The summed E-state index contributed by atoms with van der Waals surface area (Å²) in [7, 11) is 1.53. The number of allylic oxidation sites excluding steroid dienone is 1. The molecule has 28 heavy (non-hydrogen) atoms. The summed E-state index contributed by atoms with van der Waals surface area (Å²) in [5.41, 5.74) is 2.87. The van der Waals surface area contributed by atoms with E-state index in [0.717, 1.165) is 16.7 Å². The maximum absolute atomic E-state index is 12.8. The number of ether oxygens (including phenoxy) is 2. The lowest BCUT2D eigenvalue weighted by molar-refractivity contribution is -0.152. The summed E-state index contributed by atoms with van der Waals surface area (Å²) < 4.78 is 11.0. The van der Waals surface area contributed by atoms with E-state index in [2.05, 4.69) is 0 Å². The van der Waals surface area contributed by atoms with E-state index in [9.17, 15) is 14.7 Å². The Labute approximate surface area is 164 Å². The number of aliphatic carboxylic acids is 1. The minimum absolute atomic E-state index is 0.257. The van der Waals surface area contributed by atoms with Crippen molar-refractivity contribution in [3.05, 3.63) is 65.2 Å². The molecule has 1 aliphatic heterocycles. The van der Waals surface area contributed by atoms with Crippen LogP contribution in [0.4, 0.5) is 0 Å². The number of fused-ring (bicyclic) bond motifs is 1. The van der Waals surface area contributed by atoms with E-state index in [1.807, 2.05) is 55.5 Å². The lowest BCUT2D eigenvalue weighted by Gasteiger charge is -2.34. The fraction of sp³-hybridized carbons (Fsp3) is 0.273. The average Bonchev–Trinajstić information content (AvgIpc) is 2.71. The van der Waals surface area contributed by atoms with E-state index in [4.69, 9.17) is 9.47 Å². The molecule has 1 atom stereocenters. The maximum Gasteiger partial charge on any atom is 0.326 e. The molecule has 0 fully saturated rings. The van der Waals surface area contributed by atoms with E-state index in [1.165, 1.54) is 12.0 Å². The molecule has 0 saturated carbocycles. The van der Waals surface area contributed by atoms with Gasteiger partial charge in [0, 0.05) is 13.0 Å². The van der Waals surface area contributed by atoms with Crippen LogP contribution in [0.25, 0.3) is 6.08 Å². The summed E-state index contributed by atoms with van der Waals surface area (Å²) in [5.74, 6) is -0.437. The number of hydrogen-bond acceptors (Lipinski definition) is 4. The van der Waals surface area contributed by atoms with E-state index < -0.39 is 12.0 Å². The third-order valence-electron chi connectivity index (χ3n) is 4.75. The summed E-state index contributed by atoms with van der Waals surface area (Å²) in [6.45, 7) is 1.92. The molecule has 146 valence electrons. The van der Waals surface area contributed by atoms with Crippen LogP contribution >= 0.6 is 0 Å². The number of amides is 1. The Morgan fingerprint density at radius 1 is 1.18 bits per heavy atom. The summed E-state index contributed by atoms with van der Waals surface area (Å²) in [6, 6.07) is 12.1. The number of nitrogens with zero attached hydrogens (tertiary/aromatic N) is 1. The van der Waals surface area contributed by atoms with Crippen molar-refractivity contribution >= 4 is 18.0 Å². The SMILES string of the molecule is C/C=C/c1ccc(OCC(=O)N2Cc3ccccc3CC2C(=O)O)c(OC)c1. The Morgan fingerprint density at radius 2 is 1.93 bits per heavy atom. The molecule has 3 rings (SSSR count). The number of benzene rings is 2. The van der Waals surface area contributed by atoms with Gasteiger partial charge in [-0.25, -0.2) is 4.79 Å². The highest BCUT2D eigenvalue weighted by Crippen LogP contribution is 2.29. The number of methoxy groups -OCH3 is 1. The fourth-order valence-electron chi connectivity index (χ4n) is 3.33. The number of rotatable bonds is 6. The molecule has 1 aliphatic rings. The van der Waals surface area contributed by atoms with Crippen molar-refractivity contribution in [3.8, 4) is 11.5 Å². The highest BCUT2D eigenvalue weighted by molar-refractivity contribution is 5.85. The Morgan fingerprint density at radius 3 is 2.61 bits per heavy atom.